The molecule has 0 amide bonds. The van der Waals surface area contributed by atoms with Crippen molar-refractivity contribution in [3.8, 4) is 11.8 Å². The summed E-state index contributed by atoms with van der Waals surface area (Å²) in [6.45, 7) is 6.30. The second-order valence-corrected chi connectivity index (χ2v) is 5.49. The van der Waals surface area contributed by atoms with Crippen molar-refractivity contribution < 1.29 is 0 Å². The van der Waals surface area contributed by atoms with Gasteiger partial charge < -0.3 is 15.5 Å². The minimum absolute atomic E-state index is 0.418. The summed E-state index contributed by atoms with van der Waals surface area (Å²) in [5.74, 6) is 5.93. The molecular weight excluding hydrogens is 246 g/mol. The molecule has 0 spiro atoms. The van der Waals surface area contributed by atoms with E-state index >= 15 is 0 Å². The summed E-state index contributed by atoms with van der Waals surface area (Å²) < 4.78 is 0. The van der Waals surface area contributed by atoms with Crippen LogP contribution in [0.2, 0.25) is 0 Å². The van der Waals surface area contributed by atoms with Crippen molar-refractivity contribution in [3.05, 3.63) is 35.4 Å². The Bertz CT molecular complexity index is 449. The number of likely N-dealkylation sites (N-methyl/N-ethyl adjacent to an activating group) is 1. The molecule has 0 atom stereocenters. The van der Waals surface area contributed by atoms with Gasteiger partial charge in [-0.2, -0.15) is 0 Å². The average Bonchev–Trinajstić information content (AvgIpc) is 2.98. The Kier molecular flexibility index (Phi) is 6.07. The summed E-state index contributed by atoms with van der Waals surface area (Å²) in [6.07, 6.45) is 2.74. The van der Waals surface area contributed by atoms with Gasteiger partial charge in [-0.3, -0.25) is 0 Å². The molecule has 1 aliphatic rings. The number of nitrogens with two attached hydrogens (primary N) is 1. The molecule has 1 aliphatic heterocycles. The quantitative estimate of drug-likeness (QED) is 0.824. The van der Waals surface area contributed by atoms with Gasteiger partial charge in [0.15, 0.2) is 0 Å². The molecule has 3 heteroatoms. The SMILES string of the molecule is CN(CCN1CCCC1)Cc1ccc(C#CCN)cc1. The van der Waals surface area contributed by atoms with Crippen molar-refractivity contribution in [1.29, 1.82) is 0 Å². The van der Waals surface area contributed by atoms with Gasteiger partial charge in [-0.25, -0.2) is 0 Å². The van der Waals surface area contributed by atoms with Crippen LogP contribution < -0.4 is 5.73 Å². The van der Waals surface area contributed by atoms with E-state index in [0.717, 1.165) is 18.7 Å². The molecule has 0 aliphatic carbocycles. The van der Waals surface area contributed by atoms with Crippen molar-refractivity contribution in [2.24, 2.45) is 5.73 Å². The highest BCUT2D eigenvalue weighted by Crippen LogP contribution is 2.08. The summed E-state index contributed by atoms with van der Waals surface area (Å²) >= 11 is 0. The van der Waals surface area contributed by atoms with E-state index in [1.165, 1.54) is 38.0 Å². The number of benzene rings is 1. The Labute approximate surface area is 122 Å². The molecule has 108 valence electrons. The molecule has 1 heterocycles. The Morgan fingerprint density at radius 3 is 2.55 bits per heavy atom. The molecule has 0 radical (unpaired) electrons. The minimum Gasteiger partial charge on any atom is -0.320 e. The summed E-state index contributed by atoms with van der Waals surface area (Å²) in [6, 6.07) is 8.47. The van der Waals surface area contributed by atoms with Crippen molar-refractivity contribution >= 4 is 0 Å². The van der Waals surface area contributed by atoms with E-state index < -0.39 is 0 Å². The van der Waals surface area contributed by atoms with Gasteiger partial charge >= 0.3 is 0 Å². The lowest BCUT2D eigenvalue weighted by molar-refractivity contribution is 0.252. The Morgan fingerprint density at radius 2 is 1.90 bits per heavy atom. The fourth-order valence-corrected chi connectivity index (χ4v) is 2.56. The van der Waals surface area contributed by atoms with E-state index in [0.29, 0.717) is 6.54 Å². The highest BCUT2D eigenvalue weighted by molar-refractivity contribution is 5.36. The van der Waals surface area contributed by atoms with Gasteiger partial charge in [-0.15, -0.1) is 0 Å². The van der Waals surface area contributed by atoms with Crippen LogP contribution in [0.1, 0.15) is 24.0 Å². The predicted octanol–water partition coefficient (Wildman–Crippen LogP) is 1.52. The van der Waals surface area contributed by atoms with E-state index in [9.17, 15) is 0 Å². The third-order valence-corrected chi connectivity index (χ3v) is 3.74. The first kappa shape index (κ1) is 15.1. The molecule has 3 nitrogen and oxygen atoms in total. The Morgan fingerprint density at radius 1 is 1.20 bits per heavy atom. The van der Waals surface area contributed by atoms with Gasteiger partial charge in [0.05, 0.1) is 6.54 Å². The fourth-order valence-electron chi connectivity index (χ4n) is 2.56. The predicted molar refractivity (Wildman–Crippen MR) is 84.4 cm³/mol. The third kappa shape index (κ3) is 4.97. The number of nitrogens with zero attached hydrogens (tertiary/aromatic N) is 2. The first-order chi connectivity index (χ1) is 9.78. The van der Waals surface area contributed by atoms with E-state index in [-0.39, 0.29) is 0 Å². The largest absolute Gasteiger partial charge is 0.320 e. The second-order valence-electron chi connectivity index (χ2n) is 5.49. The zero-order valence-electron chi connectivity index (χ0n) is 12.4. The van der Waals surface area contributed by atoms with Crippen LogP contribution in [0.3, 0.4) is 0 Å². The summed E-state index contributed by atoms with van der Waals surface area (Å²) in [5, 5.41) is 0. The van der Waals surface area contributed by atoms with Crippen LogP contribution >= 0.6 is 0 Å². The van der Waals surface area contributed by atoms with E-state index in [1.54, 1.807) is 0 Å². The lowest BCUT2D eigenvalue weighted by Crippen LogP contribution is -2.31. The average molecular weight is 271 g/mol. The summed E-state index contributed by atoms with van der Waals surface area (Å²) in [4.78, 5) is 4.95. The molecule has 20 heavy (non-hydrogen) atoms. The number of hydrogen-bond acceptors (Lipinski definition) is 3. The smallest absolute Gasteiger partial charge is 0.0555 e. The van der Waals surface area contributed by atoms with Crippen LogP contribution in [0, 0.1) is 11.8 Å². The fraction of sp³-hybridized carbons (Fsp3) is 0.529. The molecule has 1 fully saturated rings. The van der Waals surface area contributed by atoms with E-state index in [2.05, 4.69) is 53.0 Å². The third-order valence-electron chi connectivity index (χ3n) is 3.74. The zero-order valence-corrected chi connectivity index (χ0v) is 12.4. The van der Waals surface area contributed by atoms with Gasteiger partial charge in [-0.1, -0.05) is 24.0 Å². The molecule has 2 rings (SSSR count). The monoisotopic (exact) mass is 271 g/mol. The van der Waals surface area contributed by atoms with Crippen LogP contribution in [0.4, 0.5) is 0 Å². The van der Waals surface area contributed by atoms with Gasteiger partial charge in [0, 0.05) is 25.2 Å². The first-order valence-corrected chi connectivity index (χ1v) is 7.47. The van der Waals surface area contributed by atoms with E-state index in [1.807, 2.05) is 0 Å². The molecular formula is C17H25N3. The van der Waals surface area contributed by atoms with Crippen LogP contribution in [0.25, 0.3) is 0 Å². The van der Waals surface area contributed by atoms with Gasteiger partial charge in [0.25, 0.3) is 0 Å². The number of likely N-dealkylation sites (tertiary alicyclic amines) is 1. The first-order valence-electron chi connectivity index (χ1n) is 7.47. The maximum Gasteiger partial charge on any atom is 0.0555 e. The van der Waals surface area contributed by atoms with Crippen molar-refractivity contribution in [1.82, 2.24) is 9.80 Å². The lowest BCUT2D eigenvalue weighted by Gasteiger charge is -2.21. The maximum atomic E-state index is 5.37. The van der Waals surface area contributed by atoms with Crippen molar-refractivity contribution in [2.75, 3.05) is 39.8 Å². The minimum atomic E-state index is 0.418. The van der Waals surface area contributed by atoms with Gasteiger partial charge in [0.2, 0.25) is 0 Å². The molecule has 2 N–H and O–H groups in total. The molecule has 1 aromatic rings. The molecule has 0 bridgehead atoms. The summed E-state index contributed by atoms with van der Waals surface area (Å²) in [5.41, 5.74) is 7.75. The van der Waals surface area contributed by atoms with Gasteiger partial charge in [-0.05, 0) is 50.7 Å². The molecule has 0 unspecified atom stereocenters. The number of rotatable bonds is 5. The molecule has 0 saturated carbocycles. The highest BCUT2D eigenvalue weighted by atomic mass is 15.2. The van der Waals surface area contributed by atoms with E-state index in [4.69, 9.17) is 5.73 Å². The second kappa shape index (κ2) is 8.06. The Hall–Kier alpha value is -1.34. The molecule has 1 saturated heterocycles. The molecule has 0 aromatic heterocycles. The van der Waals surface area contributed by atoms with Crippen LogP contribution in [-0.4, -0.2) is 49.6 Å². The standard InChI is InChI=1S/C17H25N3/c1-19(13-14-20-11-2-3-12-20)15-17-8-6-16(7-9-17)5-4-10-18/h6-9H,2-3,10-15,18H2,1H3. The van der Waals surface area contributed by atoms with Crippen LogP contribution in [0.15, 0.2) is 24.3 Å². The van der Waals surface area contributed by atoms with Gasteiger partial charge in [0.1, 0.15) is 0 Å². The van der Waals surface area contributed by atoms with Crippen LogP contribution in [-0.2, 0) is 6.54 Å². The highest BCUT2D eigenvalue weighted by Gasteiger charge is 2.11. The maximum absolute atomic E-state index is 5.37. The molecule has 1 aromatic carbocycles. The van der Waals surface area contributed by atoms with Crippen molar-refractivity contribution in [3.63, 3.8) is 0 Å². The van der Waals surface area contributed by atoms with Crippen molar-refractivity contribution in [2.45, 2.75) is 19.4 Å². The normalized spacial score (nSPS) is 15.3. The number of hydrogen-bond donors (Lipinski definition) is 1. The Balaban J connectivity index is 1.76. The lowest BCUT2D eigenvalue weighted by atomic mass is 10.1. The summed E-state index contributed by atoms with van der Waals surface area (Å²) in [7, 11) is 2.19. The topological polar surface area (TPSA) is 32.5 Å². The zero-order chi connectivity index (χ0) is 14.2. The van der Waals surface area contributed by atoms with Crippen LogP contribution in [0.5, 0.6) is 0 Å².